The minimum Gasteiger partial charge on any atom is -0.479 e. The molecule has 3 unspecified atom stereocenters. The second-order valence-corrected chi connectivity index (χ2v) is 14.0. The number of hydrogen-bond donors (Lipinski definition) is 3. The van der Waals surface area contributed by atoms with Gasteiger partial charge in [0.15, 0.2) is 6.10 Å². The SMILES string of the molecule is C/C=C(\C)CC/C=C(\C)CCCn1cc(C(C)(C)OCCC(C)(C)NC(=O)c2cc(COC=O)ccc2OC2CC(O)CC(C(=O)O)O2)nn1. The second kappa shape index (κ2) is 18.8. The predicted octanol–water partition coefficient (Wildman–Crippen LogP) is 5.60. The zero-order valence-electron chi connectivity index (χ0n) is 30.4. The molecule has 3 rings (SSSR count). The lowest BCUT2D eigenvalue weighted by Crippen LogP contribution is -2.45. The Morgan fingerprint density at radius 2 is 1.90 bits per heavy atom. The van der Waals surface area contributed by atoms with Gasteiger partial charge in [-0.3, -0.25) is 14.3 Å². The van der Waals surface area contributed by atoms with Crippen molar-refractivity contribution in [2.75, 3.05) is 6.61 Å². The maximum atomic E-state index is 13.6. The molecule has 1 amide bonds. The van der Waals surface area contributed by atoms with Crippen molar-refractivity contribution in [1.82, 2.24) is 20.3 Å². The zero-order valence-corrected chi connectivity index (χ0v) is 30.4. The van der Waals surface area contributed by atoms with Crippen molar-refractivity contribution in [3.8, 4) is 5.75 Å². The highest BCUT2D eigenvalue weighted by molar-refractivity contribution is 5.97. The molecule has 2 heterocycles. The second-order valence-electron chi connectivity index (χ2n) is 14.0. The molecule has 3 N–H and O–H groups in total. The van der Waals surface area contributed by atoms with E-state index in [1.54, 1.807) is 6.07 Å². The molecule has 13 nitrogen and oxygen atoms in total. The molecule has 276 valence electrons. The van der Waals surface area contributed by atoms with Crippen LogP contribution in [-0.4, -0.2) is 74.2 Å². The third-order valence-corrected chi connectivity index (χ3v) is 8.69. The highest BCUT2D eigenvalue weighted by Gasteiger charge is 2.35. The van der Waals surface area contributed by atoms with E-state index >= 15 is 0 Å². The normalized spacial score (nSPS) is 18.8. The first-order chi connectivity index (χ1) is 23.6. The van der Waals surface area contributed by atoms with Crippen LogP contribution in [0.4, 0.5) is 0 Å². The van der Waals surface area contributed by atoms with Gasteiger partial charge >= 0.3 is 5.97 Å². The Labute approximate surface area is 295 Å². The first-order valence-corrected chi connectivity index (χ1v) is 17.2. The molecule has 1 fully saturated rings. The summed E-state index contributed by atoms with van der Waals surface area (Å²) >= 11 is 0. The molecule has 0 aliphatic carbocycles. The maximum absolute atomic E-state index is 13.6. The Kier molecular flexibility index (Phi) is 15.2. The number of aryl methyl sites for hydroxylation is 1. The Hall–Kier alpha value is -4.07. The molecular weight excluding hydrogens is 644 g/mol. The molecule has 1 aromatic heterocycles. The van der Waals surface area contributed by atoms with Gasteiger partial charge in [0.2, 0.25) is 6.29 Å². The molecule has 1 aliphatic rings. The number of ether oxygens (including phenoxy) is 4. The number of carbonyl (C=O) groups excluding carboxylic acids is 2. The van der Waals surface area contributed by atoms with Gasteiger partial charge in [-0.25, -0.2) is 4.79 Å². The molecule has 1 aliphatic heterocycles. The fourth-order valence-corrected chi connectivity index (χ4v) is 5.38. The smallest absolute Gasteiger partial charge is 0.333 e. The standard InChI is InChI=1S/C37H54N4O9/c1-8-25(2)11-9-12-26(3)13-10-17-41-22-32(39-40-41)37(6,7)48-18-16-36(4,5)38-34(44)29-19-27(23-47-24-42)14-15-30(29)49-33-21-28(43)20-31(50-33)35(45)46/h8,12,14-15,19,22,24,28,31,33,43H,9-11,13,16-18,20-21,23H2,1-7H3,(H,38,44)(H,45,46)/b25-8+,26-12+. The number of hydrogen-bond acceptors (Lipinski definition) is 10. The lowest BCUT2D eigenvalue weighted by Gasteiger charge is -2.32. The van der Waals surface area contributed by atoms with Crippen LogP contribution in [0, 0.1) is 0 Å². The van der Waals surface area contributed by atoms with Crippen molar-refractivity contribution in [2.24, 2.45) is 0 Å². The van der Waals surface area contributed by atoms with Crippen molar-refractivity contribution in [2.45, 2.75) is 136 Å². The summed E-state index contributed by atoms with van der Waals surface area (Å²) in [6, 6.07) is 4.67. The summed E-state index contributed by atoms with van der Waals surface area (Å²) in [5.41, 5.74) is 2.73. The molecule has 13 heteroatoms. The summed E-state index contributed by atoms with van der Waals surface area (Å²) in [4.78, 5) is 35.9. The fraction of sp³-hybridized carbons (Fsp3) is 0.595. The van der Waals surface area contributed by atoms with Crippen molar-refractivity contribution < 1.29 is 43.5 Å². The number of aromatic nitrogens is 3. The number of nitrogens with zero attached hydrogens (tertiary/aromatic N) is 3. The molecule has 2 aromatic rings. The average Bonchev–Trinajstić information content (AvgIpc) is 3.53. The van der Waals surface area contributed by atoms with E-state index in [0.717, 1.165) is 32.2 Å². The van der Waals surface area contributed by atoms with Crippen molar-refractivity contribution >= 4 is 18.3 Å². The quantitative estimate of drug-likeness (QED) is 0.116. The number of carboxylic acid groups (broad SMARTS) is 1. The summed E-state index contributed by atoms with van der Waals surface area (Å²) in [6.45, 7) is 15.3. The number of aliphatic hydroxyl groups is 1. The summed E-state index contributed by atoms with van der Waals surface area (Å²) in [7, 11) is 0. The minimum atomic E-state index is -1.24. The van der Waals surface area contributed by atoms with Gasteiger partial charge in [-0.1, -0.05) is 34.6 Å². The van der Waals surface area contributed by atoms with Gasteiger partial charge in [0.25, 0.3) is 12.4 Å². The molecular formula is C37H54N4O9. The van der Waals surface area contributed by atoms with Crippen LogP contribution >= 0.6 is 0 Å². The van der Waals surface area contributed by atoms with E-state index in [9.17, 15) is 24.6 Å². The van der Waals surface area contributed by atoms with Gasteiger partial charge < -0.3 is 34.5 Å². The van der Waals surface area contributed by atoms with Gasteiger partial charge in [0.05, 0.1) is 24.5 Å². The number of benzene rings is 1. The van der Waals surface area contributed by atoms with Crippen molar-refractivity contribution in [1.29, 1.82) is 0 Å². The van der Waals surface area contributed by atoms with Crippen LogP contribution in [-0.2, 0) is 42.6 Å². The third-order valence-electron chi connectivity index (χ3n) is 8.69. The predicted molar refractivity (Wildman–Crippen MR) is 186 cm³/mol. The molecule has 0 radical (unpaired) electrons. The topological polar surface area (TPSA) is 171 Å². The van der Waals surface area contributed by atoms with E-state index in [0.29, 0.717) is 30.8 Å². The van der Waals surface area contributed by atoms with E-state index in [4.69, 9.17) is 18.9 Å². The lowest BCUT2D eigenvalue weighted by molar-refractivity contribution is -0.195. The van der Waals surface area contributed by atoms with E-state index in [1.807, 2.05) is 38.6 Å². The van der Waals surface area contributed by atoms with Gasteiger partial charge in [-0.2, -0.15) is 0 Å². The summed E-state index contributed by atoms with van der Waals surface area (Å²) in [6.07, 6.45) is 7.63. The Morgan fingerprint density at radius 1 is 1.14 bits per heavy atom. The van der Waals surface area contributed by atoms with Crippen LogP contribution in [0.3, 0.4) is 0 Å². The van der Waals surface area contributed by atoms with Gasteiger partial charge in [-0.05, 0) is 98.3 Å². The van der Waals surface area contributed by atoms with E-state index in [2.05, 4.69) is 48.6 Å². The monoisotopic (exact) mass is 698 g/mol. The van der Waals surface area contributed by atoms with Crippen LogP contribution in [0.5, 0.6) is 5.75 Å². The fourth-order valence-electron chi connectivity index (χ4n) is 5.38. The van der Waals surface area contributed by atoms with E-state index in [-0.39, 0.29) is 30.8 Å². The molecule has 50 heavy (non-hydrogen) atoms. The number of aliphatic carboxylic acids is 1. The Balaban J connectivity index is 1.58. The highest BCUT2D eigenvalue weighted by atomic mass is 16.7. The Bertz CT molecular complexity index is 1500. The number of carboxylic acids is 1. The van der Waals surface area contributed by atoms with Crippen LogP contribution < -0.4 is 10.1 Å². The minimum absolute atomic E-state index is 0.0291. The molecule has 0 bridgehead atoms. The van der Waals surface area contributed by atoms with Crippen LogP contribution in [0.2, 0.25) is 0 Å². The molecule has 0 spiro atoms. The van der Waals surface area contributed by atoms with E-state index < -0.39 is 41.5 Å². The number of allylic oxidation sites excluding steroid dienone is 4. The van der Waals surface area contributed by atoms with Crippen LogP contribution in [0.1, 0.15) is 115 Å². The average molecular weight is 699 g/mol. The largest absolute Gasteiger partial charge is 0.479 e. The van der Waals surface area contributed by atoms with Crippen LogP contribution in [0.15, 0.2) is 47.7 Å². The number of rotatable bonds is 20. The lowest BCUT2D eigenvalue weighted by atomic mass is 9.99. The Morgan fingerprint density at radius 3 is 2.60 bits per heavy atom. The van der Waals surface area contributed by atoms with Crippen LogP contribution in [0.25, 0.3) is 0 Å². The number of amides is 1. The zero-order chi connectivity index (χ0) is 36.9. The summed E-state index contributed by atoms with van der Waals surface area (Å²) in [5, 5.41) is 31.3. The van der Waals surface area contributed by atoms with Gasteiger partial charge in [-0.15, -0.1) is 5.10 Å². The number of carbonyl (C=O) groups is 3. The first-order valence-electron chi connectivity index (χ1n) is 17.2. The number of nitrogens with one attached hydrogen (secondary N) is 1. The van der Waals surface area contributed by atoms with E-state index in [1.165, 1.54) is 23.3 Å². The molecule has 1 saturated heterocycles. The van der Waals surface area contributed by atoms with Crippen molar-refractivity contribution in [3.63, 3.8) is 0 Å². The first kappa shape index (κ1) is 40.4. The third kappa shape index (κ3) is 13.0. The van der Waals surface area contributed by atoms with Crippen molar-refractivity contribution in [3.05, 3.63) is 64.5 Å². The molecule has 1 aromatic carbocycles. The summed E-state index contributed by atoms with van der Waals surface area (Å²) < 4.78 is 24.4. The van der Waals surface area contributed by atoms with Gasteiger partial charge in [0, 0.05) is 24.9 Å². The number of aliphatic hydroxyl groups excluding tert-OH is 1. The maximum Gasteiger partial charge on any atom is 0.333 e. The van der Waals surface area contributed by atoms with Gasteiger partial charge in [0.1, 0.15) is 23.7 Å². The summed E-state index contributed by atoms with van der Waals surface area (Å²) in [5.74, 6) is -1.56. The molecule has 3 atom stereocenters. The highest BCUT2D eigenvalue weighted by Crippen LogP contribution is 2.29. The molecule has 0 saturated carbocycles.